The van der Waals surface area contributed by atoms with Gasteiger partial charge in [0.2, 0.25) is 0 Å². The highest BCUT2D eigenvalue weighted by Gasteiger charge is 2.19. The average molecular weight is 264 g/mol. The maximum atomic E-state index is 12.8. The Morgan fingerprint density at radius 3 is 2.56 bits per heavy atom. The van der Waals surface area contributed by atoms with Gasteiger partial charge in [-0.25, -0.2) is 4.39 Å². The van der Waals surface area contributed by atoms with Crippen molar-refractivity contribution in [3.05, 3.63) is 58.0 Å². The van der Waals surface area contributed by atoms with Crippen molar-refractivity contribution in [3.8, 4) is 0 Å². The topological polar surface area (TPSA) is 37.3 Å². The van der Waals surface area contributed by atoms with E-state index in [1.165, 1.54) is 17.0 Å². The highest BCUT2D eigenvalue weighted by Crippen LogP contribution is 2.23. The van der Waals surface area contributed by atoms with E-state index in [1.807, 2.05) is 17.5 Å². The van der Waals surface area contributed by atoms with Crippen LogP contribution in [0.1, 0.15) is 22.8 Å². The van der Waals surface area contributed by atoms with E-state index in [0.717, 1.165) is 6.42 Å². The number of aliphatic carboxylic acids is 1. The largest absolute Gasteiger partial charge is 0.481 e. The van der Waals surface area contributed by atoms with Gasteiger partial charge in [-0.2, -0.15) is 0 Å². The first-order valence-electron chi connectivity index (χ1n) is 5.67. The quantitative estimate of drug-likeness (QED) is 0.894. The molecule has 1 atom stereocenters. The third kappa shape index (κ3) is 3.17. The number of carboxylic acid groups (broad SMARTS) is 1. The number of thiophene rings is 1. The van der Waals surface area contributed by atoms with E-state index in [0.29, 0.717) is 12.0 Å². The number of benzene rings is 1. The van der Waals surface area contributed by atoms with Crippen LogP contribution in [0, 0.1) is 5.82 Å². The van der Waals surface area contributed by atoms with Crippen LogP contribution >= 0.6 is 11.3 Å². The van der Waals surface area contributed by atoms with Crippen LogP contribution in [0.15, 0.2) is 41.8 Å². The Bertz CT molecular complexity index is 505. The molecule has 0 radical (unpaired) electrons. The number of hydrogen-bond acceptors (Lipinski definition) is 2. The highest BCUT2D eigenvalue weighted by atomic mass is 32.1. The average Bonchev–Trinajstić information content (AvgIpc) is 2.84. The Hall–Kier alpha value is -1.68. The van der Waals surface area contributed by atoms with Crippen LogP contribution in [0.4, 0.5) is 4.39 Å². The molecule has 1 N–H and O–H groups in total. The molecule has 2 rings (SSSR count). The summed E-state index contributed by atoms with van der Waals surface area (Å²) >= 11 is 1.62. The minimum atomic E-state index is -0.863. The first-order valence-corrected chi connectivity index (χ1v) is 6.55. The van der Waals surface area contributed by atoms with Gasteiger partial charge in [-0.05, 0) is 42.0 Å². The fraction of sp³-hybridized carbons (Fsp3) is 0.214. The molecule has 94 valence electrons. The lowest BCUT2D eigenvalue weighted by Gasteiger charge is -2.12. The minimum Gasteiger partial charge on any atom is -0.481 e. The summed E-state index contributed by atoms with van der Waals surface area (Å²) in [6.07, 6.45) is 1.26. The van der Waals surface area contributed by atoms with E-state index in [2.05, 4.69) is 0 Å². The van der Waals surface area contributed by atoms with E-state index in [9.17, 15) is 14.3 Å². The van der Waals surface area contributed by atoms with Gasteiger partial charge in [0.25, 0.3) is 0 Å². The summed E-state index contributed by atoms with van der Waals surface area (Å²) in [5.74, 6) is -1.79. The van der Waals surface area contributed by atoms with Crippen LogP contribution in [0.5, 0.6) is 0 Å². The smallest absolute Gasteiger partial charge is 0.310 e. The Morgan fingerprint density at radius 2 is 2.00 bits per heavy atom. The van der Waals surface area contributed by atoms with Crippen LogP contribution in [0.25, 0.3) is 0 Å². The lowest BCUT2D eigenvalue weighted by Crippen LogP contribution is -2.12. The third-order valence-corrected chi connectivity index (χ3v) is 3.77. The second-order valence-corrected chi connectivity index (χ2v) is 5.09. The van der Waals surface area contributed by atoms with Crippen LogP contribution in [0.2, 0.25) is 0 Å². The second-order valence-electron chi connectivity index (χ2n) is 4.06. The summed E-state index contributed by atoms with van der Waals surface area (Å²) in [5, 5.41) is 11.2. The van der Waals surface area contributed by atoms with Crippen molar-refractivity contribution in [1.82, 2.24) is 0 Å². The predicted molar refractivity (Wildman–Crippen MR) is 69.4 cm³/mol. The summed E-state index contributed by atoms with van der Waals surface area (Å²) in [4.78, 5) is 12.4. The third-order valence-electron chi connectivity index (χ3n) is 2.83. The lowest BCUT2D eigenvalue weighted by atomic mass is 9.94. The van der Waals surface area contributed by atoms with Gasteiger partial charge < -0.3 is 5.11 Å². The maximum absolute atomic E-state index is 12.8. The monoisotopic (exact) mass is 264 g/mol. The molecule has 0 saturated carbocycles. The van der Waals surface area contributed by atoms with Gasteiger partial charge in [0.05, 0.1) is 5.92 Å². The molecule has 0 aliphatic heterocycles. The molecule has 2 nitrogen and oxygen atoms in total. The fourth-order valence-corrected chi connectivity index (χ4v) is 2.59. The Balaban J connectivity index is 2.08. The van der Waals surface area contributed by atoms with Crippen molar-refractivity contribution in [1.29, 1.82) is 0 Å². The fourth-order valence-electron chi connectivity index (χ4n) is 1.87. The Kier molecular flexibility index (Phi) is 4.10. The van der Waals surface area contributed by atoms with Gasteiger partial charge in [0, 0.05) is 4.88 Å². The van der Waals surface area contributed by atoms with E-state index in [4.69, 9.17) is 0 Å². The second kappa shape index (κ2) is 5.78. The molecule has 0 aliphatic rings. The van der Waals surface area contributed by atoms with Crippen LogP contribution in [-0.2, 0) is 11.2 Å². The van der Waals surface area contributed by atoms with Crippen molar-refractivity contribution >= 4 is 17.3 Å². The molecule has 0 aliphatic carbocycles. The van der Waals surface area contributed by atoms with Crippen molar-refractivity contribution < 1.29 is 14.3 Å². The maximum Gasteiger partial charge on any atom is 0.310 e. The summed E-state index contributed by atoms with van der Waals surface area (Å²) < 4.78 is 12.8. The standard InChI is InChI=1S/C14H13FO2S/c15-11-5-3-10(4-6-11)13(14(16)17)8-7-12-2-1-9-18-12/h1-6,9,13H,7-8H2,(H,16,17). The van der Waals surface area contributed by atoms with Crippen LogP contribution < -0.4 is 0 Å². The van der Waals surface area contributed by atoms with Gasteiger partial charge in [-0.1, -0.05) is 18.2 Å². The molecule has 1 unspecified atom stereocenters. The molecule has 2 aromatic rings. The summed E-state index contributed by atoms with van der Waals surface area (Å²) in [6.45, 7) is 0. The SMILES string of the molecule is O=C(O)C(CCc1cccs1)c1ccc(F)cc1. The first-order chi connectivity index (χ1) is 8.66. The van der Waals surface area contributed by atoms with Crippen molar-refractivity contribution in [3.63, 3.8) is 0 Å². The Morgan fingerprint density at radius 1 is 1.28 bits per heavy atom. The van der Waals surface area contributed by atoms with Gasteiger partial charge in [-0.15, -0.1) is 11.3 Å². The molecule has 1 aromatic carbocycles. The van der Waals surface area contributed by atoms with Crippen molar-refractivity contribution in [2.24, 2.45) is 0 Å². The summed E-state index contributed by atoms with van der Waals surface area (Å²) in [5.41, 5.74) is 0.653. The zero-order valence-corrected chi connectivity index (χ0v) is 10.5. The molecule has 4 heteroatoms. The van der Waals surface area contributed by atoms with Gasteiger partial charge in [0.1, 0.15) is 5.82 Å². The zero-order valence-electron chi connectivity index (χ0n) is 9.67. The predicted octanol–water partition coefficient (Wildman–Crippen LogP) is 3.69. The van der Waals surface area contributed by atoms with Gasteiger partial charge in [-0.3, -0.25) is 4.79 Å². The molecule has 0 amide bonds. The molecule has 0 fully saturated rings. The van der Waals surface area contributed by atoms with E-state index < -0.39 is 11.9 Å². The molecule has 0 saturated heterocycles. The molecule has 18 heavy (non-hydrogen) atoms. The minimum absolute atomic E-state index is 0.346. The molecular weight excluding hydrogens is 251 g/mol. The van der Waals surface area contributed by atoms with Gasteiger partial charge >= 0.3 is 5.97 Å². The van der Waals surface area contributed by atoms with Crippen LogP contribution in [0.3, 0.4) is 0 Å². The van der Waals surface area contributed by atoms with E-state index in [1.54, 1.807) is 23.5 Å². The number of carbonyl (C=O) groups is 1. The van der Waals surface area contributed by atoms with Crippen LogP contribution in [-0.4, -0.2) is 11.1 Å². The van der Waals surface area contributed by atoms with E-state index in [-0.39, 0.29) is 5.82 Å². The summed E-state index contributed by atoms with van der Waals surface area (Å²) in [7, 11) is 0. The lowest BCUT2D eigenvalue weighted by molar-refractivity contribution is -0.138. The first kappa shape index (κ1) is 12.8. The number of hydrogen-bond donors (Lipinski definition) is 1. The molecule has 0 bridgehead atoms. The zero-order chi connectivity index (χ0) is 13.0. The normalized spacial score (nSPS) is 12.3. The van der Waals surface area contributed by atoms with Crippen molar-refractivity contribution in [2.75, 3.05) is 0 Å². The molecular formula is C14H13FO2S. The number of aryl methyl sites for hydroxylation is 1. The number of rotatable bonds is 5. The highest BCUT2D eigenvalue weighted by molar-refractivity contribution is 7.09. The number of carboxylic acids is 1. The van der Waals surface area contributed by atoms with Crippen molar-refractivity contribution in [2.45, 2.75) is 18.8 Å². The Labute approximate surface area is 109 Å². The number of halogens is 1. The molecule has 1 heterocycles. The molecule has 0 spiro atoms. The van der Waals surface area contributed by atoms with E-state index >= 15 is 0 Å². The summed E-state index contributed by atoms with van der Waals surface area (Å²) in [6, 6.07) is 9.64. The van der Waals surface area contributed by atoms with Gasteiger partial charge in [0.15, 0.2) is 0 Å². The molecule has 1 aromatic heterocycles.